The Morgan fingerprint density at radius 1 is 1.53 bits per heavy atom. The fourth-order valence-corrected chi connectivity index (χ4v) is 3.17. The van der Waals surface area contributed by atoms with Crippen molar-refractivity contribution in [3.63, 3.8) is 0 Å². The van der Waals surface area contributed by atoms with Gasteiger partial charge in [-0.25, -0.2) is 9.78 Å². The van der Waals surface area contributed by atoms with Gasteiger partial charge in [-0.2, -0.15) is 11.8 Å². The SMILES string of the molecule is COC(=O)c1ccc(NCC2(SC)CCC2)nc1C. The van der Waals surface area contributed by atoms with E-state index in [0.29, 0.717) is 16.0 Å². The molecule has 104 valence electrons. The average molecular weight is 280 g/mol. The minimum absolute atomic E-state index is 0.337. The number of ether oxygens (including phenoxy) is 1. The standard InChI is InChI=1S/C14H20N2O2S/c1-10-11(13(17)18-2)5-6-12(16-10)15-9-14(19-3)7-4-8-14/h5-6H,4,7-9H2,1-3H3,(H,15,16). The Labute approximate surface area is 118 Å². The van der Waals surface area contributed by atoms with Crippen LogP contribution in [0.4, 0.5) is 5.82 Å². The Bertz CT molecular complexity index is 467. The number of anilines is 1. The number of nitrogens with one attached hydrogen (secondary N) is 1. The lowest BCUT2D eigenvalue weighted by molar-refractivity contribution is 0.0599. The minimum Gasteiger partial charge on any atom is -0.465 e. The molecule has 4 nitrogen and oxygen atoms in total. The molecule has 0 aliphatic heterocycles. The van der Waals surface area contributed by atoms with Gasteiger partial charge in [-0.3, -0.25) is 0 Å². The molecule has 0 saturated heterocycles. The van der Waals surface area contributed by atoms with E-state index in [2.05, 4.69) is 16.6 Å². The summed E-state index contributed by atoms with van der Waals surface area (Å²) in [6.07, 6.45) is 6.01. The van der Waals surface area contributed by atoms with Crippen molar-refractivity contribution in [3.05, 3.63) is 23.4 Å². The van der Waals surface area contributed by atoms with E-state index in [4.69, 9.17) is 4.74 Å². The molecule has 0 radical (unpaired) electrons. The van der Waals surface area contributed by atoms with Crippen LogP contribution in [0.15, 0.2) is 12.1 Å². The summed E-state index contributed by atoms with van der Waals surface area (Å²) in [5, 5.41) is 3.38. The maximum atomic E-state index is 11.5. The van der Waals surface area contributed by atoms with Crippen molar-refractivity contribution < 1.29 is 9.53 Å². The van der Waals surface area contributed by atoms with Crippen LogP contribution in [0.5, 0.6) is 0 Å². The van der Waals surface area contributed by atoms with Crippen LogP contribution in [0.2, 0.25) is 0 Å². The molecule has 1 aromatic rings. The van der Waals surface area contributed by atoms with Crippen molar-refractivity contribution in [2.24, 2.45) is 0 Å². The molecule has 1 aliphatic carbocycles. The highest BCUT2D eigenvalue weighted by atomic mass is 32.2. The first kappa shape index (κ1) is 14.2. The molecule has 0 amide bonds. The van der Waals surface area contributed by atoms with Crippen LogP contribution in [0.25, 0.3) is 0 Å². The lowest BCUT2D eigenvalue weighted by atomic mass is 9.84. The first-order valence-corrected chi connectivity index (χ1v) is 7.68. The lowest BCUT2D eigenvalue weighted by Gasteiger charge is -2.40. The number of aromatic nitrogens is 1. The van der Waals surface area contributed by atoms with E-state index in [9.17, 15) is 4.79 Å². The summed E-state index contributed by atoms with van der Waals surface area (Å²) in [6, 6.07) is 3.61. The summed E-state index contributed by atoms with van der Waals surface area (Å²) < 4.78 is 5.08. The molecular weight excluding hydrogens is 260 g/mol. The Kier molecular flexibility index (Phi) is 4.34. The maximum absolute atomic E-state index is 11.5. The molecule has 0 bridgehead atoms. The molecule has 1 N–H and O–H groups in total. The van der Waals surface area contributed by atoms with Gasteiger partial charge in [-0.1, -0.05) is 6.42 Å². The monoisotopic (exact) mass is 280 g/mol. The van der Waals surface area contributed by atoms with E-state index in [1.54, 1.807) is 6.07 Å². The number of aryl methyl sites for hydroxylation is 1. The quantitative estimate of drug-likeness (QED) is 0.840. The van der Waals surface area contributed by atoms with E-state index < -0.39 is 0 Å². The molecule has 2 rings (SSSR count). The number of methoxy groups -OCH3 is 1. The van der Waals surface area contributed by atoms with Crippen LogP contribution < -0.4 is 5.32 Å². The topological polar surface area (TPSA) is 51.2 Å². The van der Waals surface area contributed by atoms with E-state index in [0.717, 1.165) is 12.4 Å². The fourth-order valence-electron chi connectivity index (χ4n) is 2.26. The van der Waals surface area contributed by atoms with Gasteiger partial charge in [0.2, 0.25) is 0 Å². The Balaban J connectivity index is 2.02. The van der Waals surface area contributed by atoms with Crippen molar-refractivity contribution in [2.75, 3.05) is 25.2 Å². The van der Waals surface area contributed by atoms with Crippen LogP contribution in [-0.4, -0.2) is 35.6 Å². The van der Waals surface area contributed by atoms with Crippen molar-refractivity contribution in [2.45, 2.75) is 30.9 Å². The summed E-state index contributed by atoms with van der Waals surface area (Å²) in [6.45, 7) is 2.75. The van der Waals surface area contributed by atoms with Crippen LogP contribution in [-0.2, 0) is 4.74 Å². The second kappa shape index (κ2) is 5.82. The summed E-state index contributed by atoms with van der Waals surface area (Å²) in [5.41, 5.74) is 1.22. The predicted molar refractivity (Wildman–Crippen MR) is 78.9 cm³/mol. The van der Waals surface area contributed by atoms with Gasteiger partial charge < -0.3 is 10.1 Å². The van der Waals surface area contributed by atoms with Gasteiger partial charge in [-0.05, 0) is 38.2 Å². The number of nitrogens with zero attached hydrogens (tertiary/aromatic N) is 1. The number of pyridine rings is 1. The van der Waals surface area contributed by atoms with Gasteiger partial charge in [0.15, 0.2) is 0 Å². The van der Waals surface area contributed by atoms with Gasteiger partial charge in [0.25, 0.3) is 0 Å². The molecule has 1 saturated carbocycles. The Morgan fingerprint density at radius 3 is 2.74 bits per heavy atom. The molecule has 0 atom stereocenters. The average Bonchev–Trinajstić information content (AvgIpc) is 2.37. The van der Waals surface area contributed by atoms with Crippen molar-refractivity contribution in [1.82, 2.24) is 4.98 Å². The second-order valence-corrected chi connectivity index (χ2v) is 6.19. The Hall–Kier alpha value is -1.23. The van der Waals surface area contributed by atoms with E-state index in [1.807, 2.05) is 24.8 Å². The summed E-state index contributed by atoms with van der Waals surface area (Å²) in [7, 11) is 1.38. The molecule has 19 heavy (non-hydrogen) atoms. The zero-order valence-electron chi connectivity index (χ0n) is 11.7. The molecule has 1 aliphatic rings. The minimum atomic E-state index is -0.337. The zero-order valence-corrected chi connectivity index (χ0v) is 12.5. The summed E-state index contributed by atoms with van der Waals surface area (Å²) >= 11 is 1.93. The van der Waals surface area contributed by atoms with Crippen LogP contribution in [0, 0.1) is 6.92 Å². The first-order chi connectivity index (χ1) is 9.10. The smallest absolute Gasteiger partial charge is 0.339 e. The Morgan fingerprint density at radius 2 is 2.26 bits per heavy atom. The highest BCUT2D eigenvalue weighted by Gasteiger charge is 2.35. The van der Waals surface area contributed by atoms with Crippen molar-refractivity contribution in [1.29, 1.82) is 0 Å². The van der Waals surface area contributed by atoms with Crippen molar-refractivity contribution >= 4 is 23.5 Å². The molecular formula is C14H20N2O2S. The number of esters is 1. The third kappa shape index (κ3) is 3.03. The van der Waals surface area contributed by atoms with Gasteiger partial charge >= 0.3 is 5.97 Å². The molecule has 1 fully saturated rings. The van der Waals surface area contributed by atoms with Gasteiger partial charge in [-0.15, -0.1) is 0 Å². The van der Waals surface area contributed by atoms with Crippen LogP contribution >= 0.6 is 11.8 Å². The first-order valence-electron chi connectivity index (χ1n) is 6.45. The number of carbonyl (C=O) groups is 1. The van der Waals surface area contributed by atoms with Crippen LogP contribution in [0.1, 0.15) is 35.3 Å². The summed E-state index contributed by atoms with van der Waals surface area (Å²) in [4.78, 5) is 15.9. The molecule has 1 heterocycles. The van der Waals surface area contributed by atoms with Crippen LogP contribution in [0.3, 0.4) is 0 Å². The number of rotatable bonds is 5. The molecule has 0 aromatic carbocycles. The fraction of sp³-hybridized carbons (Fsp3) is 0.571. The summed E-state index contributed by atoms with van der Waals surface area (Å²) in [5.74, 6) is 0.488. The molecule has 0 unspecified atom stereocenters. The molecule has 1 aromatic heterocycles. The third-order valence-electron chi connectivity index (χ3n) is 3.78. The molecule has 0 spiro atoms. The van der Waals surface area contributed by atoms with Crippen molar-refractivity contribution in [3.8, 4) is 0 Å². The van der Waals surface area contributed by atoms with E-state index in [-0.39, 0.29) is 5.97 Å². The number of carbonyl (C=O) groups excluding carboxylic acids is 1. The molecule has 5 heteroatoms. The zero-order chi connectivity index (χ0) is 13.9. The highest BCUT2D eigenvalue weighted by molar-refractivity contribution is 8.00. The number of hydrogen-bond donors (Lipinski definition) is 1. The van der Waals surface area contributed by atoms with Gasteiger partial charge in [0.1, 0.15) is 5.82 Å². The van der Waals surface area contributed by atoms with E-state index >= 15 is 0 Å². The second-order valence-electron chi connectivity index (χ2n) is 4.92. The van der Waals surface area contributed by atoms with Gasteiger partial charge in [0.05, 0.1) is 18.4 Å². The maximum Gasteiger partial charge on any atom is 0.339 e. The highest BCUT2D eigenvalue weighted by Crippen LogP contribution is 2.42. The lowest BCUT2D eigenvalue weighted by Crippen LogP contribution is -2.40. The number of thioether (sulfide) groups is 1. The largest absolute Gasteiger partial charge is 0.465 e. The van der Waals surface area contributed by atoms with Gasteiger partial charge in [0, 0.05) is 11.3 Å². The predicted octanol–water partition coefficient (Wildman–Crippen LogP) is 2.87. The number of hydrogen-bond acceptors (Lipinski definition) is 5. The normalized spacial score (nSPS) is 16.6. The van der Waals surface area contributed by atoms with E-state index in [1.165, 1.54) is 26.4 Å². The third-order valence-corrected chi connectivity index (χ3v) is 5.20.